The SMILES string of the molecule is CCC(=O)Oc1ccc(O[C@H]2CCN(C)C2)cc1. The van der Waals surface area contributed by atoms with Crippen LogP contribution in [0, 0.1) is 0 Å². The molecule has 1 aliphatic rings. The van der Waals surface area contributed by atoms with Crippen molar-refractivity contribution in [3.05, 3.63) is 24.3 Å². The summed E-state index contributed by atoms with van der Waals surface area (Å²) < 4.78 is 11.0. The summed E-state index contributed by atoms with van der Waals surface area (Å²) in [5.41, 5.74) is 0. The zero-order valence-corrected chi connectivity index (χ0v) is 10.9. The first-order chi connectivity index (χ1) is 8.67. The fraction of sp³-hybridized carbons (Fsp3) is 0.500. The molecule has 98 valence electrons. The van der Waals surface area contributed by atoms with Gasteiger partial charge in [0.25, 0.3) is 0 Å². The molecule has 0 radical (unpaired) electrons. The standard InChI is InChI=1S/C14H19NO3/c1-3-14(16)18-12-6-4-11(5-7-12)17-13-8-9-15(2)10-13/h4-7,13H,3,8-10H2,1-2H3/t13-/m0/s1. The molecule has 1 fully saturated rings. The molecule has 2 rings (SSSR count). The number of rotatable bonds is 4. The Labute approximate surface area is 107 Å². The largest absolute Gasteiger partial charge is 0.489 e. The van der Waals surface area contributed by atoms with Crippen molar-refractivity contribution in [3.63, 3.8) is 0 Å². The number of benzene rings is 1. The molecule has 1 aromatic carbocycles. The van der Waals surface area contributed by atoms with Crippen LogP contribution in [0.4, 0.5) is 0 Å². The minimum atomic E-state index is -0.221. The van der Waals surface area contributed by atoms with Gasteiger partial charge in [-0.3, -0.25) is 4.79 Å². The van der Waals surface area contributed by atoms with E-state index in [0.717, 1.165) is 25.3 Å². The Hall–Kier alpha value is -1.55. The lowest BCUT2D eigenvalue weighted by molar-refractivity contribution is -0.134. The third-order valence-corrected chi connectivity index (χ3v) is 2.99. The molecule has 18 heavy (non-hydrogen) atoms. The van der Waals surface area contributed by atoms with E-state index in [1.807, 2.05) is 12.1 Å². The Balaban J connectivity index is 1.89. The fourth-order valence-corrected chi connectivity index (χ4v) is 1.97. The third kappa shape index (κ3) is 3.47. The monoisotopic (exact) mass is 249 g/mol. The number of esters is 1. The second-order valence-electron chi connectivity index (χ2n) is 4.59. The highest BCUT2D eigenvalue weighted by atomic mass is 16.5. The molecule has 0 aromatic heterocycles. The van der Waals surface area contributed by atoms with Crippen LogP contribution >= 0.6 is 0 Å². The van der Waals surface area contributed by atoms with E-state index in [4.69, 9.17) is 9.47 Å². The molecule has 0 bridgehead atoms. The predicted molar refractivity (Wildman–Crippen MR) is 68.9 cm³/mol. The number of carbonyl (C=O) groups is 1. The number of likely N-dealkylation sites (tertiary alicyclic amines) is 1. The maximum atomic E-state index is 11.1. The molecule has 1 aliphatic heterocycles. The van der Waals surface area contributed by atoms with Gasteiger partial charge in [-0.1, -0.05) is 6.92 Å². The van der Waals surface area contributed by atoms with Gasteiger partial charge in [0.2, 0.25) is 0 Å². The van der Waals surface area contributed by atoms with Gasteiger partial charge in [-0.15, -0.1) is 0 Å². The van der Waals surface area contributed by atoms with Crippen molar-refractivity contribution >= 4 is 5.97 Å². The quantitative estimate of drug-likeness (QED) is 0.605. The van der Waals surface area contributed by atoms with Crippen molar-refractivity contribution in [3.8, 4) is 11.5 Å². The molecule has 4 heteroatoms. The lowest BCUT2D eigenvalue weighted by Gasteiger charge is -2.14. The van der Waals surface area contributed by atoms with Crippen LogP contribution in [0.3, 0.4) is 0 Å². The van der Waals surface area contributed by atoms with Crippen LogP contribution in [0.25, 0.3) is 0 Å². The highest BCUT2D eigenvalue weighted by Crippen LogP contribution is 2.21. The first-order valence-corrected chi connectivity index (χ1v) is 6.33. The molecule has 1 aromatic rings. The van der Waals surface area contributed by atoms with E-state index in [1.54, 1.807) is 19.1 Å². The highest BCUT2D eigenvalue weighted by Gasteiger charge is 2.20. The van der Waals surface area contributed by atoms with E-state index in [0.29, 0.717) is 12.2 Å². The smallest absolute Gasteiger partial charge is 0.310 e. The molecule has 0 saturated carbocycles. The molecule has 0 amide bonds. The van der Waals surface area contributed by atoms with Crippen LogP contribution in [0.5, 0.6) is 11.5 Å². The fourth-order valence-electron chi connectivity index (χ4n) is 1.97. The molecule has 0 aliphatic carbocycles. The zero-order chi connectivity index (χ0) is 13.0. The van der Waals surface area contributed by atoms with E-state index in [1.165, 1.54) is 0 Å². The van der Waals surface area contributed by atoms with Crippen molar-refractivity contribution in [2.45, 2.75) is 25.9 Å². The summed E-state index contributed by atoms with van der Waals surface area (Å²) in [5, 5.41) is 0. The number of hydrogen-bond donors (Lipinski definition) is 0. The predicted octanol–water partition coefficient (Wildman–Crippen LogP) is 2.08. The van der Waals surface area contributed by atoms with E-state index in [-0.39, 0.29) is 12.1 Å². The molecular weight excluding hydrogens is 230 g/mol. The summed E-state index contributed by atoms with van der Waals surface area (Å²) >= 11 is 0. The summed E-state index contributed by atoms with van der Waals surface area (Å²) in [6, 6.07) is 7.22. The lowest BCUT2D eigenvalue weighted by Crippen LogP contribution is -2.21. The molecule has 4 nitrogen and oxygen atoms in total. The Morgan fingerprint density at radius 1 is 1.33 bits per heavy atom. The lowest BCUT2D eigenvalue weighted by atomic mass is 10.3. The van der Waals surface area contributed by atoms with Crippen LogP contribution in [0.2, 0.25) is 0 Å². The minimum Gasteiger partial charge on any atom is -0.489 e. The molecule has 1 heterocycles. The Morgan fingerprint density at radius 2 is 2.00 bits per heavy atom. The van der Waals surface area contributed by atoms with Gasteiger partial charge in [-0.25, -0.2) is 0 Å². The van der Waals surface area contributed by atoms with Gasteiger partial charge in [0.15, 0.2) is 0 Å². The minimum absolute atomic E-state index is 0.221. The summed E-state index contributed by atoms with van der Waals surface area (Å²) in [6.45, 7) is 3.82. The molecule has 1 saturated heterocycles. The average Bonchev–Trinajstić information content (AvgIpc) is 2.77. The Morgan fingerprint density at radius 3 is 2.56 bits per heavy atom. The summed E-state index contributed by atoms with van der Waals surface area (Å²) in [6.07, 6.45) is 1.70. The van der Waals surface area contributed by atoms with Gasteiger partial charge >= 0.3 is 5.97 Å². The van der Waals surface area contributed by atoms with Gasteiger partial charge in [-0.2, -0.15) is 0 Å². The number of ether oxygens (including phenoxy) is 2. The van der Waals surface area contributed by atoms with E-state index < -0.39 is 0 Å². The third-order valence-electron chi connectivity index (χ3n) is 2.99. The number of carbonyl (C=O) groups excluding carboxylic acids is 1. The van der Waals surface area contributed by atoms with E-state index in [9.17, 15) is 4.79 Å². The number of likely N-dealkylation sites (N-methyl/N-ethyl adjacent to an activating group) is 1. The van der Waals surface area contributed by atoms with Crippen molar-refractivity contribution in [1.82, 2.24) is 4.90 Å². The van der Waals surface area contributed by atoms with Crippen LogP contribution in [-0.4, -0.2) is 37.1 Å². The van der Waals surface area contributed by atoms with Gasteiger partial charge in [0.05, 0.1) is 0 Å². The summed E-state index contributed by atoms with van der Waals surface area (Å²) in [4.78, 5) is 13.4. The summed E-state index contributed by atoms with van der Waals surface area (Å²) in [5.74, 6) is 1.17. The second kappa shape index (κ2) is 5.87. The number of hydrogen-bond acceptors (Lipinski definition) is 4. The van der Waals surface area contributed by atoms with E-state index >= 15 is 0 Å². The van der Waals surface area contributed by atoms with Crippen molar-refractivity contribution in [2.75, 3.05) is 20.1 Å². The van der Waals surface area contributed by atoms with Crippen LogP contribution in [0.15, 0.2) is 24.3 Å². The molecule has 1 atom stereocenters. The first-order valence-electron chi connectivity index (χ1n) is 6.33. The zero-order valence-electron chi connectivity index (χ0n) is 10.9. The Bertz CT molecular complexity index is 402. The van der Waals surface area contributed by atoms with E-state index in [2.05, 4.69) is 11.9 Å². The van der Waals surface area contributed by atoms with Gasteiger partial charge in [0, 0.05) is 19.5 Å². The van der Waals surface area contributed by atoms with Gasteiger partial charge in [-0.05, 0) is 37.7 Å². The maximum absolute atomic E-state index is 11.1. The van der Waals surface area contributed by atoms with Crippen LogP contribution in [0.1, 0.15) is 19.8 Å². The van der Waals surface area contributed by atoms with Crippen LogP contribution in [-0.2, 0) is 4.79 Å². The molecule has 0 unspecified atom stereocenters. The van der Waals surface area contributed by atoms with Gasteiger partial charge < -0.3 is 14.4 Å². The van der Waals surface area contributed by atoms with Crippen molar-refractivity contribution < 1.29 is 14.3 Å². The molecule has 0 N–H and O–H groups in total. The first kappa shape index (κ1) is 12.9. The highest BCUT2D eigenvalue weighted by molar-refractivity contribution is 5.71. The maximum Gasteiger partial charge on any atom is 0.310 e. The molecule has 0 spiro atoms. The van der Waals surface area contributed by atoms with Crippen molar-refractivity contribution in [1.29, 1.82) is 0 Å². The normalized spacial score (nSPS) is 19.8. The number of nitrogens with zero attached hydrogens (tertiary/aromatic N) is 1. The second-order valence-corrected chi connectivity index (χ2v) is 4.59. The average molecular weight is 249 g/mol. The van der Waals surface area contributed by atoms with Gasteiger partial charge in [0.1, 0.15) is 17.6 Å². The Kier molecular flexibility index (Phi) is 4.20. The van der Waals surface area contributed by atoms with Crippen molar-refractivity contribution in [2.24, 2.45) is 0 Å². The topological polar surface area (TPSA) is 38.8 Å². The summed E-state index contributed by atoms with van der Waals surface area (Å²) in [7, 11) is 2.09. The van der Waals surface area contributed by atoms with Crippen LogP contribution < -0.4 is 9.47 Å². The molecular formula is C14H19NO3.